The zero-order valence-electron chi connectivity index (χ0n) is 17.4. The van der Waals surface area contributed by atoms with Crippen molar-refractivity contribution in [1.29, 1.82) is 0 Å². The van der Waals surface area contributed by atoms with E-state index in [9.17, 15) is 4.79 Å². The number of aryl methyl sites for hydroxylation is 1. The molecule has 0 unspecified atom stereocenters. The maximum Gasteiger partial charge on any atom is 0.254 e. The molecule has 154 valence electrons. The van der Waals surface area contributed by atoms with Crippen molar-refractivity contribution in [2.24, 2.45) is 0 Å². The molecule has 5 nitrogen and oxygen atoms in total. The SMILES string of the molecule is Cc1ccccc1-c1nnc(-c2ccc(C(=O)N(C3CCCCC3)C3CC3)cc2)o1. The third-order valence-corrected chi connectivity index (χ3v) is 6.32. The van der Waals surface area contributed by atoms with Crippen molar-refractivity contribution >= 4 is 5.91 Å². The van der Waals surface area contributed by atoms with Gasteiger partial charge in [0.15, 0.2) is 0 Å². The Labute approximate surface area is 177 Å². The van der Waals surface area contributed by atoms with Crippen molar-refractivity contribution in [2.45, 2.75) is 64.0 Å². The van der Waals surface area contributed by atoms with Crippen LogP contribution in [0.4, 0.5) is 0 Å². The summed E-state index contributed by atoms with van der Waals surface area (Å²) in [6.45, 7) is 2.03. The Morgan fingerprint density at radius 1 is 0.867 bits per heavy atom. The van der Waals surface area contributed by atoms with Crippen molar-refractivity contribution in [3.05, 3.63) is 59.7 Å². The Balaban J connectivity index is 1.35. The highest BCUT2D eigenvalue weighted by atomic mass is 16.4. The normalized spacial score (nSPS) is 17.1. The van der Waals surface area contributed by atoms with Crippen LogP contribution in [-0.4, -0.2) is 33.1 Å². The van der Waals surface area contributed by atoms with Crippen molar-refractivity contribution in [1.82, 2.24) is 15.1 Å². The summed E-state index contributed by atoms with van der Waals surface area (Å²) in [7, 11) is 0. The zero-order chi connectivity index (χ0) is 20.5. The van der Waals surface area contributed by atoms with Gasteiger partial charge in [-0.3, -0.25) is 4.79 Å². The van der Waals surface area contributed by atoms with Gasteiger partial charge in [0.2, 0.25) is 11.8 Å². The number of aromatic nitrogens is 2. The van der Waals surface area contributed by atoms with E-state index in [1.165, 1.54) is 19.3 Å². The number of carbonyl (C=O) groups is 1. The first-order valence-corrected chi connectivity index (χ1v) is 11.0. The predicted octanol–water partition coefficient (Wildman–Crippen LogP) is 5.65. The van der Waals surface area contributed by atoms with E-state index in [0.29, 0.717) is 23.9 Å². The third-order valence-electron chi connectivity index (χ3n) is 6.32. The molecular weight excluding hydrogens is 374 g/mol. The molecule has 0 radical (unpaired) electrons. The van der Waals surface area contributed by atoms with E-state index in [2.05, 4.69) is 15.1 Å². The van der Waals surface area contributed by atoms with Gasteiger partial charge in [-0.2, -0.15) is 0 Å². The first-order chi connectivity index (χ1) is 14.7. The Hall–Kier alpha value is -2.95. The molecule has 5 rings (SSSR count). The minimum absolute atomic E-state index is 0.169. The fourth-order valence-electron chi connectivity index (χ4n) is 4.51. The summed E-state index contributed by atoms with van der Waals surface area (Å²) in [4.78, 5) is 15.5. The average molecular weight is 402 g/mol. The maximum atomic E-state index is 13.3. The molecule has 0 aliphatic heterocycles. The highest BCUT2D eigenvalue weighted by Gasteiger charge is 2.38. The van der Waals surface area contributed by atoms with Gasteiger partial charge in [0.25, 0.3) is 5.91 Å². The van der Waals surface area contributed by atoms with Gasteiger partial charge in [-0.05, 0) is 68.5 Å². The summed E-state index contributed by atoms with van der Waals surface area (Å²) in [5, 5.41) is 8.42. The third kappa shape index (κ3) is 3.76. The van der Waals surface area contributed by atoms with Gasteiger partial charge in [0.1, 0.15) is 0 Å². The second-order valence-corrected chi connectivity index (χ2v) is 8.54. The van der Waals surface area contributed by atoms with Gasteiger partial charge in [-0.15, -0.1) is 10.2 Å². The van der Waals surface area contributed by atoms with Crippen LogP contribution in [0.15, 0.2) is 52.9 Å². The molecule has 2 aromatic carbocycles. The Kier molecular flexibility index (Phi) is 5.11. The van der Waals surface area contributed by atoms with Crippen LogP contribution in [0, 0.1) is 6.92 Å². The molecule has 0 spiro atoms. The molecule has 2 fully saturated rings. The Morgan fingerprint density at radius 2 is 1.53 bits per heavy atom. The molecule has 5 heteroatoms. The zero-order valence-corrected chi connectivity index (χ0v) is 17.4. The first-order valence-electron chi connectivity index (χ1n) is 11.0. The molecular formula is C25H27N3O2. The topological polar surface area (TPSA) is 59.2 Å². The second kappa shape index (κ2) is 8.05. The number of rotatable bonds is 5. The van der Waals surface area contributed by atoms with Gasteiger partial charge in [0, 0.05) is 28.8 Å². The number of benzene rings is 2. The van der Waals surface area contributed by atoms with Gasteiger partial charge >= 0.3 is 0 Å². The summed E-state index contributed by atoms with van der Waals surface area (Å²) >= 11 is 0. The van der Waals surface area contributed by atoms with E-state index in [1.807, 2.05) is 55.5 Å². The summed E-state index contributed by atoms with van der Waals surface area (Å²) in [5.41, 5.74) is 3.61. The summed E-state index contributed by atoms with van der Waals surface area (Å²) in [5.74, 6) is 1.15. The van der Waals surface area contributed by atoms with E-state index in [4.69, 9.17) is 4.42 Å². The molecule has 2 aliphatic rings. The van der Waals surface area contributed by atoms with Crippen molar-refractivity contribution in [2.75, 3.05) is 0 Å². The first kappa shape index (κ1) is 19.0. The lowest BCUT2D eigenvalue weighted by Gasteiger charge is -2.34. The molecule has 0 atom stereocenters. The Morgan fingerprint density at radius 3 is 2.23 bits per heavy atom. The van der Waals surface area contributed by atoms with Crippen LogP contribution in [0.2, 0.25) is 0 Å². The lowest BCUT2D eigenvalue weighted by Crippen LogP contribution is -2.43. The van der Waals surface area contributed by atoms with Crippen molar-refractivity contribution in [3.63, 3.8) is 0 Å². The van der Waals surface area contributed by atoms with Gasteiger partial charge < -0.3 is 9.32 Å². The number of carbonyl (C=O) groups excluding carboxylic acids is 1. The lowest BCUT2D eigenvalue weighted by molar-refractivity contribution is 0.0614. The molecule has 1 heterocycles. The van der Waals surface area contributed by atoms with Crippen LogP contribution in [0.3, 0.4) is 0 Å². The van der Waals surface area contributed by atoms with E-state index in [1.54, 1.807) is 0 Å². The fourth-order valence-corrected chi connectivity index (χ4v) is 4.51. The van der Waals surface area contributed by atoms with Crippen molar-refractivity contribution in [3.8, 4) is 22.9 Å². The van der Waals surface area contributed by atoms with Gasteiger partial charge in [-0.1, -0.05) is 37.5 Å². The van der Waals surface area contributed by atoms with E-state index < -0.39 is 0 Å². The van der Waals surface area contributed by atoms with Crippen LogP contribution >= 0.6 is 0 Å². The van der Waals surface area contributed by atoms with Crippen LogP contribution < -0.4 is 0 Å². The molecule has 1 amide bonds. The smallest absolute Gasteiger partial charge is 0.254 e. The maximum absolute atomic E-state index is 13.3. The lowest BCUT2D eigenvalue weighted by atomic mass is 9.93. The van der Waals surface area contributed by atoms with Crippen LogP contribution in [0.5, 0.6) is 0 Å². The van der Waals surface area contributed by atoms with Crippen LogP contribution in [-0.2, 0) is 0 Å². The van der Waals surface area contributed by atoms with Crippen LogP contribution in [0.1, 0.15) is 60.9 Å². The van der Waals surface area contributed by atoms with E-state index >= 15 is 0 Å². The predicted molar refractivity (Wildman–Crippen MR) is 116 cm³/mol. The molecule has 2 saturated carbocycles. The number of nitrogens with zero attached hydrogens (tertiary/aromatic N) is 3. The monoisotopic (exact) mass is 401 g/mol. The molecule has 2 aliphatic carbocycles. The number of hydrogen-bond acceptors (Lipinski definition) is 4. The fraction of sp³-hybridized carbons (Fsp3) is 0.400. The highest BCUT2D eigenvalue weighted by molar-refractivity contribution is 5.95. The molecule has 0 N–H and O–H groups in total. The molecule has 3 aromatic rings. The largest absolute Gasteiger partial charge is 0.416 e. The number of amides is 1. The highest BCUT2D eigenvalue weighted by Crippen LogP contribution is 2.35. The molecule has 0 bridgehead atoms. The van der Waals surface area contributed by atoms with Crippen molar-refractivity contribution < 1.29 is 9.21 Å². The van der Waals surface area contributed by atoms with Gasteiger partial charge in [0.05, 0.1) is 0 Å². The summed E-state index contributed by atoms with van der Waals surface area (Å²) < 4.78 is 5.91. The quantitative estimate of drug-likeness (QED) is 0.554. The van der Waals surface area contributed by atoms with Gasteiger partial charge in [-0.25, -0.2) is 0 Å². The minimum atomic E-state index is 0.169. The Bertz CT molecular complexity index is 1030. The molecule has 1 aromatic heterocycles. The minimum Gasteiger partial charge on any atom is -0.416 e. The second-order valence-electron chi connectivity index (χ2n) is 8.54. The van der Waals surface area contributed by atoms with E-state index in [0.717, 1.165) is 47.9 Å². The molecule has 0 saturated heterocycles. The summed E-state index contributed by atoms with van der Waals surface area (Å²) in [6.07, 6.45) is 8.34. The van der Waals surface area contributed by atoms with Crippen LogP contribution in [0.25, 0.3) is 22.9 Å². The summed E-state index contributed by atoms with van der Waals surface area (Å²) in [6, 6.07) is 16.4. The number of hydrogen-bond donors (Lipinski definition) is 0. The molecule has 30 heavy (non-hydrogen) atoms. The average Bonchev–Trinajstić information content (AvgIpc) is 3.50. The van der Waals surface area contributed by atoms with E-state index in [-0.39, 0.29) is 5.91 Å². The standard InChI is InChI=1S/C25H27N3O2/c1-17-7-5-6-10-22(17)24-27-26-23(30-24)18-11-13-19(14-12-18)25(29)28(21-15-16-21)20-8-3-2-4-9-20/h5-7,10-14,20-21H,2-4,8-9,15-16H2,1H3.